The molecule has 2 aromatic heterocycles. The third-order valence-corrected chi connectivity index (χ3v) is 6.20. The first-order valence-electron chi connectivity index (χ1n) is 10.6. The van der Waals surface area contributed by atoms with E-state index in [0.29, 0.717) is 24.8 Å². The normalized spacial score (nSPS) is 11.8. The number of imidazole rings is 1. The third kappa shape index (κ3) is 5.90. The topological polar surface area (TPSA) is 111 Å². The first kappa shape index (κ1) is 23.8. The van der Waals surface area contributed by atoms with Gasteiger partial charge < -0.3 is 14.6 Å². The van der Waals surface area contributed by atoms with Crippen LogP contribution < -0.4 is 10.0 Å². The molecule has 0 fully saturated rings. The molecule has 1 aromatic carbocycles. The Morgan fingerprint density at radius 1 is 1.09 bits per heavy atom. The number of hydrogen-bond acceptors (Lipinski definition) is 7. The maximum atomic E-state index is 12.4. The average molecular weight is 459 g/mol. The second kappa shape index (κ2) is 10.7. The fourth-order valence-corrected chi connectivity index (χ4v) is 4.29. The summed E-state index contributed by atoms with van der Waals surface area (Å²) in [7, 11) is -3.59. The molecule has 0 bridgehead atoms. The summed E-state index contributed by atoms with van der Waals surface area (Å²) in [5.74, 6) is 1.34. The molecule has 0 unspecified atom stereocenters. The van der Waals surface area contributed by atoms with Crippen LogP contribution in [0, 0.1) is 6.92 Å². The summed E-state index contributed by atoms with van der Waals surface area (Å²) in [6, 6.07) is 8.53. The van der Waals surface area contributed by atoms with E-state index in [1.807, 2.05) is 19.9 Å². The number of hydrogen-bond donors (Lipinski definition) is 2. The molecule has 0 spiro atoms. The largest absolute Gasteiger partial charge is 0.380 e. The van der Waals surface area contributed by atoms with Gasteiger partial charge in [-0.3, -0.25) is 0 Å². The molecule has 0 aliphatic rings. The molecule has 0 aliphatic carbocycles. The fourth-order valence-electron chi connectivity index (χ4n) is 3.28. The molecule has 10 heteroatoms. The number of rotatable bonds is 11. The molecule has 0 amide bonds. The number of aromatic nitrogens is 4. The zero-order valence-corrected chi connectivity index (χ0v) is 19.7. The first-order valence-corrected chi connectivity index (χ1v) is 12.1. The van der Waals surface area contributed by atoms with E-state index in [9.17, 15) is 8.42 Å². The number of anilines is 2. The van der Waals surface area contributed by atoms with Crippen molar-refractivity contribution in [2.75, 3.05) is 25.1 Å². The number of benzene rings is 1. The minimum atomic E-state index is -3.59. The van der Waals surface area contributed by atoms with Crippen molar-refractivity contribution in [3.05, 3.63) is 48.5 Å². The zero-order chi connectivity index (χ0) is 23.1. The molecule has 0 aliphatic heterocycles. The van der Waals surface area contributed by atoms with Crippen molar-refractivity contribution in [2.45, 2.75) is 45.1 Å². The van der Waals surface area contributed by atoms with Crippen LogP contribution in [-0.4, -0.2) is 47.7 Å². The van der Waals surface area contributed by atoms with Gasteiger partial charge in [0.1, 0.15) is 5.82 Å². The van der Waals surface area contributed by atoms with E-state index in [2.05, 4.69) is 43.4 Å². The number of ether oxygens (including phenoxy) is 1. The van der Waals surface area contributed by atoms with Gasteiger partial charge in [-0.15, -0.1) is 0 Å². The molecular weight excluding hydrogens is 428 g/mol. The summed E-state index contributed by atoms with van der Waals surface area (Å²) in [6.45, 7) is 9.35. The van der Waals surface area contributed by atoms with Gasteiger partial charge in [-0.05, 0) is 57.5 Å². The summed E-state index contributed by atoms with van der Waals surface area (Å²) in [5, 5.41) is 3.13. The molecule has 32 heavy (non-hydrogen) atoms. The maximum absolute atomic E-state index is 12.4. The van der Waals surface area contributed by atoms with Crippen LogP contribution >= 0.6 is 0 Å². The monoisotopic (exact) mass is 458 g/mol. The lowest BCUT2D eigenvalue weighted by molar-refractivity contribution is 0.140. The standard InChI is InChI=1S/C22H30N6O3S/c1-5-13-31-14-12-25-32(29,30)19-8-6-18(7-9-19)26-22-23-11-10-20(27-22)21-15-24-17(4)28(21)16(2)3/h6-11,15-16,25H,5,12-14H2,1-4H3,(H,23,26,27). The molecule has 0 saturated carbocycles. The van der Waals surface area contributed by atoms with Gasteiger partial charge in [-0.25, -0.2) is 28.1 Å². The molecule has 0 radical (unpaired) electrons. The molecule has 2 N–H and O–H groups in total. The van der Waals surface area contributed by atoms with E-state index in [1.54, 1.807) is 36.7 Å². The van der Waals surface area contributed by atoms with Crippen molar-refractivity contribution in [1.29, 1.82) is 0 Å². The van der Waals surface area contributed by atoms with E-state index in [1.165, 1.54) is 0 Å². The predicted octanol–water partition coefficient (Wildman–Crippen LogP) is 3.68. The molecule has 0 saturated heterocycles. The van der Waals surface area contributed by atoms with Gasteiger partial charge in [0.2, 0.25) is 16.0 Å². The quantitative estimate of drug-likeness (QED) is 0.422. The number of aryl methyl sites for hydroxylation is 1. The maximum Gasteiger partial charge on any atom is 0.240 e. The minimum Gasteiger partial charge on any atom is -0.380 e. The van der Waals surface area contributed by atoms with Gasteiger partial charge in [-0.1, -0.05) is 6.92 Å². The van der Waals surface area contributed by atoms with Crippen LogP contribution in [0.15, 0.2) is 47.6 Å². The van der Waals surface area contributed by atoms with Crippen molar-refractivity contribution < 1.29 is 13.2 Å². The Kier molecular flexibility index (Phi) is 7.94. The summed E-state index contributed by atoms with van der Waals surface area (Å²) in [4.78, 5) is 13.5. The number of sulfonamides is 1. The van der Waals surface area contributed by atoms with Gasteiger partial charge in [0.15, 0.2) is 0 Å². The second-order valence-corrected chi connectivity index (χ2v) is 9.35. The van der Waals surface area contributed by atoms with E-state index in [0.717, 1.165) is 23.6 Å². The molecule has 2 heterocycles. The van der Waals surface area contributed by atoms with Crippen LogP contribution in [0.3, 0.4) is 0 Å². The van der Waals surface area contributed by atoms with Gasteiger partial charge in [0, 0.05) is 31.1 Å². The Bertz CT molecular complexity index is 1130. The predicted molar refractivity (Wildman–Crippen MR) is 124 cm³/mol. The Labute approximate surface area is 189 Å². The van der Waals surface area contributed by atoms with E-state index in [4.69, 9.17) is 4.74 Å². The van der Waals surface area contributed by atoms with Gasteiger partial charge in [0.05, 0.1) is 29.1 Å². The Balaban J connectivity index is 1.69. The smallest absolute Gasteiger partial charge is 0.240 e. The summed E-state index contributed by atoms with van der Waals surface area (Å²) in [6.07, 6.45) is 4.39. The Morgan fingerprint density at radius 3 is 2.53 bits per heavy atom. The molecule has 9 nitrogen and oxygen atoms in total. The number of nitrogens with one attached hydrogen (secondary N) is 2. The van der Waals surface area contributed by atoms with Crippen LogP contribution in [0.2, 0.25) is 0 Å². The molecule has 0 atom stereocenters. The highest BCUT2D eigenvalue weighted by Crippen LogP contribution is 2.24. The summed E-state index contributed by atoms with van der Waals surface area (Å²) < 4.78 is 34.8. The summed E-state index contributed by atoms with van der Waals surface area (Å²) >= 11 is 0. The van der Waals surface area contributed by atoms with Crippen molar-refractivity contribution in [3.63, 3.8) is 0 Å². The SMILES string of the molecule is CCCOCCNS(=O)(=O)c1ccc(Nc2nccc(-c3cnc(C)n3C(C)C)n2)cc1. The van der Waals surface area contributed by atoms with Crippen LogP contribution in [-0.2, 0) is 14.8 Å². The summed E-state index contributed by atoms with van der Waals surface area (Å²) in [5.41, 5.74) is 2.35. The van der Waals surface area contributed by atoms with Gasteiger partial charge >= 0.3 is 0 Å². The number of nitrogens with zero attached hydrogens (tertiary/aromatic N) is 4. The first-order chi connectivity index (χ1) is 15.3. The fraction of sp³-hybridized carbons (Fsp3) is 0.409. The average Bonchev–Trinajstić information content (AvgIpc) is 3.16. The Hall–Kier alpha value is -2.82. The minimum absolute atomic E-state index is 0.185. The van der Waals surface area contributed by atoms with Crippen molar-refractivity contribution in [3.8, 4) is 11.4 Å². The molecule has 3 aromatic rings. The lowest BCUT2D eigenvalue weighted by Crippen LogP contribution is -2.27. The highest BCUT2D eigenvalue weighted by molar-refractivity contribution is 7.89. The van der Waals surface area contributed by atoms with Crippen LogP contribution in [0.25, 0.3) is 11.4 Å². The lowest BCUT2D eigenvalue weighted by atomic mass is 10.2. The molecule has 3 rings (SSSR count). The highest BCUT2D eigenvalue weighted by Gasteiger charge is 2.15. The van der Waals surface area contributed by atoms with Crippen LogP contribution in [0.4, 0.5) is 11.6 Å². The lowest BCUT2D eigenvalue weighted by Gasteiger charge is -2.14. The molecule has 172 valence electrons. The second-order valence-electron chi connectivity index (χ2n) is 7.58. The zero-order valence-electron chi connectivity index (χ0n) is 18.9. The van der Waals surface area contributed by atoms with E-state index < -0.39 is 10.0 Å². The van der Waals surface area contributed by atoms with Crippen LogP contribution in [0.5, 0.6) is 0 Å². The van der Waals surface area contributed by atoms with Crippen molar-refractivity contribution in [1.82, 2.24) is 24.2 Å². The van der Waals surface area contributed by atoms with Crippen molar-refractivity contribution in [2.24, 2.45) is 0 Å². The molecular formula is C22H30N6O3S. The highest BCUT2D eigenvalue weighted by atomic mass is 32.2. The Morgan fingerprint density at radius 2 is 1.84 bits per heavy atom. The van der Waals surface area contributed by atoms with E-state index >= 15 is 0 Å². The van der Waals surface area contributed by atoms with Gasteiger partial charge in [-0.2, -0.15) is 0 Å². The van der Waals surface area contributed by atoms with Gasteiger partial charge in [0.25, 0.3) is 0 Å². The van der Waals surface area contributed by atoms with Crippen molar-refractivity contribution >= 4 is 21.7 Å². The van der Waals surface area contributed by atoms with E-state index in [-0.39, 0.29) is 17.5 Å². The third-order valence-electron chi connectivity index (χ3n) is 4.72. The van der Waals surface area contributed by atoms with Crippen LogP contribution in [0.1, 0.15) is 39.1 Å².